The van der Waals surface area contributed by atoms with E-state index < -0.39 is 0 Å². The number of nitrogens with zero attached hydrogens (tertiary/aromatic N) is 1. The maximum absolute atomic E-state index is 12.2. The van der Waals surface area contributed by atoms with Gasteiger partial charge in [-0.2, -0.15) is 5.10 Å². The summed E-state index contributed by atoms with van der Waals surface area (Å²) in [6.07, 6.45) is 1.49. The van der Waals surface area contributed by atoms with Gasteiger partial charge in [0.15, 0.2) is 5.78 Å². The number of aryl methyl sites for hydroxylation is 1. The van der Waals surface area contributed by atoms with Crippen molar-refractivity contribution in [3.63, 3.8) is 0 Å². The van der Waals surface area contributed by atoms with E-state index >= 15 is 0 Å². The predicted octanol–water partition coefficient (Wildman–Crippen LogP) is 2.70. The second-order valence-electron chi connectivity index (χ2n) is 6.33. The van der Waals surface area contributed by atoms with E-state index in [0.717, 1.165) is 36.5 Å². The molecule has 1 aromatic carbocycles. The highest BCUT2D eigenvalue weighted by molar-refractivity contribution is 5.94. The number of ether oxygens (including phenoxy) is 1. The molecular formula is C18H23N3O2. The highest BCUT2D eigenvalue weighted by Crippen LogP contribution is 2.17. The SMILES string of the molecule is CC(C)c1cc(C(=O)CCc2ccc(OC3CNC3)cc2)[nH]n1. The van der Waals surface area contributed by atoms with Crippen molar-refractivity contribution in [2.24, 2.45) is 0 Å². The fourth-order valence-electron chi connectivity index (χ4n) is 2.44. The Morgan fingerprint density at radius 2 is 2.04 bits per heavy atom. The fourth-order valence-corrected chi connectivity index (χ4v) is 2.44. The molecule has 0 saturated carbocycles. The number of carbonyl (C=O) groups excluding carboxylic acids is 1. The molecule has 0 unspecified atom stereocenters. The predicted molar refractivity (Wildman–Crippen MR) is 89.1 cm³/mol. The minimum atomic E-state index is 0.102. The van der Waals surface area contributed by atoms with Crippen molar-refractivity contribution in [1.82, 2.24) is 15.5 Å². The van der Waals surface area contributed by atoms with Gasteiger partial charge in [0.1, 0.15) is 17.5 Å². The summed E-state index contributed by atoms with van der Waals surface area (Å²) in [6.45, 7) is 5.96. The first kappa shape index (κ1) is 15.7. The van der Waals surface area contributed by atoms with E-state index in [1.54, 1.807) is 0 Å². The first-order chi connectivity index (χ1) is 11.1. The van der Waals surface area contributed by atoms with E-state index in [1.165, 1.54) is 0 Å². The third-order valence-corrected chi connectivity index (χ3v) is 4.10. The van der Waals surface area contributed by atoms with E-state index in [4.69, 9.17) is 4.74 Å². The Morgan fingerprint density at radius 1 is 1.30 bits per heavy atom. The number of aromatic nitrogens is 2. The Morgan fingerprint density at radius 3 is 2.61 bits per heavy atom. The highest BCUT2D eigenvalue weighted by atomic mass is 16.5. The highest BCUT2D eigenvalue weighted by Gasteiger charge is 2.18. The summed E-state index contributed by atoms with van der Waals surface area (Å²) in [5.41, 5.74) is 2.67. The quantitative estimate of drug-likeness (QED) is 0.771. The topological polar surface area (TPSA) is 67.0 Å². The maximum atomic E-state index is 12.2. The lowest BCUT2D eigenvalue weighted by Gasteiger charge is -2.27. The summed E-state index contributed by atoms with van der Waals surface area (Å²) >= 11 is 0. The number of ketones is 1. The smallest absolute Gasteiger partial charge is 0.180 e. The summed E-state index contributed by atoms with van der Waals surface area (Å²) in [4.78, 5) is 12.2. The van der Waals surface area contributed by atoms with E-state index in [9.17, 15) is 4.79 Å². The lowest BCUT2D eigenvalue weighted by Crippen LogP contribution is -2.50. The summed E-state index contributed by atoms with van der Waals surface area (Å²) in [6, 6.07) is 9.87. The first-order valence-electron chi connectivity index (χ1n) is 8.16. The van der Waals surface area contributed by atoms with Gasteiger partial charge in [-0.3, -0.25) is 9.89 Å². The Balaban J connectivity index is 1.51. The molecule has 0 aliphatic carbocycles. The first-order valence-corrected chi connectivity index (χ1v) is 8.16. The molecule has 1 aliphatic rings. The number of hydrogen-bond acceptors (Lipinski definition) is 4. The van der Waals surface area contributed by atoms with Crippen LogP contribution < -0.4 is 10.1 Å². The monoisotopic (exact) mass is 313 g/mol. The van der Waals surface area contributed by atoms with Crippen LogP contribution in [0.15, 0.2) is 30.3 Å². The summed E-state index contributed by atoms with van der Waals surface area (Å²) < 4.78 is 5.78. The van der Waals surface area contributed by atoms with Crippen LogP contribution in [0.1, 0.15) is 47.9 Å². The fraction of sp³-hybridized carbons (Fsp3) is 0.444. The zero-order valence-electron chi connectivity index (χ0n) is 13.6. The Kier molecular flexibility index (Phi) is 4.76. The molecule has 1 fully saturated rings. The van der Waals surface area contributed by atoms with Crippen molar-refractivity contribution in [3.8, 4) is 5.75 Å². The Labute approximate surface area is 136 Å². The zero-order valence-corrected chi connectivity index (χ0v) is 13.6. The summed E-state index contributed by atoms with van der Waals surface area (Å²) in [5, 5.41) is 10.2. The molecule has 0 spiro atoms. The molecule has 1 saturated heterocycles. The van der Waals surface area contributed by atoms with Gasteiger partial charge in [-0.25, -0.2) is 0 Å². The average Bonchev–Trinajstić information content (AvgIpc) is 3.00. The lowest BCUT2D eigenvalue weighted by atomic mass is 10.0. The molecule has 2 aromatic rings. The minimum Gasteiger partial charge on any atom is -0.488 e. The lowest BCUT2D eigenvalue weighted by molar-refractivity contribution is 0.0978. The molecule has 2 N–H and O–H groups in total. The zero-order chi connectivity index (χ0) is 16.2. The van der Waals surface area contributed by atoms with E-state index in [1.807, 2.05) is 30.3 Å². The number of Topliss-reactive ketones (excluding diaryl/α,β-unsaturated/α-hetero) is 1. The van der Waals surface area contributed by atoms with Crippen molar-refractivity contribution in [2.75, 3.05) is 13.1 Å². The third kappa shape index (κ3) is 3.99. The summed E-state index contributed by atoms with van der Waals surface area (Å²) in [5.74, 6) is 1.32. The molecule has 1 aromatic heterocycles. The van der Waals surface area contributed by atoms with Crippen molar-refractivity contribution in [1.29, 1.82) is 0 Å². The van der Waals surface area contributed by atoms with Crippen LogP contribution in [0.3, 0.4) is 0 Å². The van der Waals surface area contributed by atoms with Crippen LogP contribution in [0.5, 0.6) is 5.75 Å². The van der Waals surface area contributed by atoms with Crippen LogP contribution in [-0.2, 0) is 6.42 Å². The number of aromatic amines is 1. The molecule has 3 rings (SSSR count). The van der Waals surface area contributed by atoms with Gasteiger partial charge in [-0.1, -0.05) is 26.0 Å². The van der Waals surface area contributed by atoms with Crippen LogP contribution in [0.4, 0.5) is 0 Å². The molecule has 0 radical (unpaired) electrons. The maximum Gasteiger partial charge on any atom is 0.180 e. The van der Waals surface area contributed by atoms with Gasteiger partial charge in [-0.15, -0.1) is 0 Å². The normalized spacial score (nSPS) is 14.7. The number of rotatable bonds is 7. The van der Waals surface area contributed by atoms with Gasteiger partial charge in [0.05, 0.1) is 5.69 Å². The van der Waals surface area contributed by atoms with Gasteiger partial charge in [0, 0.05) is 19.5 Å². The Hall–Kier alpha value is -2.14. The second kappa shape index (κ2) is 6.96. The van der Waals surface area contributed by atoms with Gasteiger partial charge in [-0.05, 0) is 36.1 Å². The minimum absolute atomic E-state index is 0.102. The van der Waals surface area contributed by atoms with Crippen molar-refractivity contribution >= 4 is 5.78 Å². The third-order valence-electron chi connectivity index (χ3n) is 4.10. The van der Waals surface area contributed by atoms with Crippen LogP contribution in [0.25, 0.3) is 0 Å². The molecule has 0 amide bonds. The van der Waals surface area contributed by atoms with Crippen LogP contribution >= 0.6 is 0 Å². The van der Waals surface area contributed by atoms with Crippen molar-refractivity contribution < 1.29 is 9.53 Å². The molecule has 23 heavy (non-hydrogen) atoms. The molecule has 0 bridgehead atoms. The number of benzene rings is 1. The van der Waals surface area contributed by atoms with Gasteiger partial charge >= 0.3 is 0 Å². The molecule has 122 valence electrons. The number of nitrogens with one attached hydrogen (secondary N) is 2. The molecule has 5 nitrogen and oxygen atoms in total. The summed E-state index contributed by atoms with van der Waals surface area (Å²) in [7, 11) is 0. The molecule has 5 heteroatoms. The molecule has 2 heterocycles. The molecule has 0 atom stereocenters. The van der Waals surface area contributed by atoms with Crippen molar-refractivity contribution in [2.45, 2.75) is 38.7 Å². The van der Waals surface area contributed by atoms with Crippen LogP contribution in [0, 0.1) is 0 Å². The average molecular weight is 313 g/mol. The van der Waals surface area contributed by atoms with E-state index in [-0.39, 0.29) is 11.9 Å². The molecule has 1 aliphatic heterocycles. The number of hydrogen-bond donors (Lipinski definition) is 2. The van der Waals surface area contributed by atoms with Crippen molar-refractivity contribution in [3.05, 3.63) is 47.3 Å². The Bertz CT molecular complexity index is 657. The largest absolute Gasteiger partial charge is 0.488 e. The van der Waals surface area contributed by atoms with Gasteiger partial charge in [0.25, 0.3) is 0 Å². The van der Waals surface area contributed by atoms with E-state index in [0.29, 0.717) is 18.0 Å². The standard InChI is InChI=1S/C18H23N3O2/c1-12(2)16-9-17(21-20-16)18(22)8-5-13-3-6-14(7-4-13)23-15-10-19-11-15/h3-4,6-7,9,12,15,19H,5,8,10-11H2,1-2H3,(H,20,21). The second-order valence-corrected chi connectivity index (χ2v) is 6.33. The number of H-pyrrole nitrogens is 1. The number of carbonyl (C=O) groups is 1. The van der Waals surface area contributed by atoms with Gasteiger partial charge in [0.2, 0.25) is 0 Å². The van der Waals surface area contributed by atoms with Crippen LogP contribution in [0.2, 0.25) is 0 Å². The van der Waals surface area contributed by atoms with Gasteiger partial charge < -0.3 is 10.1 Å². The molecular weight excluding hydrogens is 290 g/mol. The van der Waals surface area contributed by atoms with Crippen LogP contribution in [-0.4, -0.2) is 35.2 Å². The van der Waals surface area contributed by atoms with E-state index in [2.05, 4.69) is 29.4 Å².